The lowest BCUT2D eigenvalue weighted by atomic mass is 9.91. The number of rotatable bonds is 3. The van der Waals surface area contributed by atoms with E-state index in [4.69, 9.17) is 16.3 Å². The van der Waals surface area contributed by atoms with Crippen molar-refractivity contribution in [3.05, 3.63) is 53.6 Å². The number of halogens is 2. The van der Waals surface area contributed by atoms with Crippen LogP contribution in [0.15, 0.2) is 46.9 Å². The van der Waals surface area contributed by atoms with E-state index >= 15 is 0 Å². The molecule has 3 aromatic rings. The number of pyridine rings is 1. The molecule has 2 aromatic heterocycles. The number of carbonyl (C=O) groups is 1. The topological polar surface area (TPSA) is 83.0 Å². The average molecular weight is 537 g/mol. The zero-order valence-electron chi connectivity index (χ0n) is 18.6. The molecule has 184 valence electrons. The van der Waals surface area contributed by atoms with Crippen LogP contribution in [0.25, 0.3) is 10.1 Å². The van der Waals surface area contributed by atoms with Gasteiger partial charge in [-0.3, -0.25) is 9.78 Å². The van der Waals surface area contributed by atoms with Gasteiger partial charge in [0.25, 0.3) is 10.0 Å². The number of benzene rings is 1. The molecule has 0 aliphatic carbocycles. The van der Waals surface area contributed by atoms with E-state index in [9.17, 15) is 17.6 Å². The summed E-state index contributed by atoms with van der Waals surface area (Å²) in [5.41, 5.74) is 0.624. The highest BCUT2D eigenvalue weighted by Crippen LogP contribution is 2.40. The number of nitrogens with zero attached hydrogens (tertiary/aromatic N) is 4. The van der Waals surface area contributed by atoms with Crippen LogP contribution in [0, 0.1) is 5.82 Å². The highest BCUT2D eigenvalue weighted by molar-refractivity contribution is 7.91. The first-order chi connectivity index (χ1) is 16.7. The van der Waals surface area contributed by atoms with Crippen LogP contribution in [-0.4, -0.2) is 73.1 Å². The Morgan fingerprint density at radius 3 is 2.66 bits per heavy atom. The lowest BCUT2D eigenvalue weighted by molar-refractivity contribution is -0.144. The summed E-state index contributed by atoms with van der Waals surface area (Å²) in [6.45, 7) is 1.84. The lowest BCUT2D eigenvalue weighted by Crippen LogP contribution is -2.55. The smallest absolute Gasteiger partial charge is 0.253 e. The average Bonchev–Trinajstić information content (AvgIpc) is 3.42. The summed E-state index contributed by atoms with van der Waals surface area (Å²) in [5, 5.41) is 0.393. The highest BCUT2D eigenvalue weighted by atomic mass is 35.5. The van der Waals surface area contributed by atoms with E-state index in [1.807, 2.05) is 12.1 Å². The molecule has 35 heavy (non-hydrogen) atoms. The van der Waals surface area contributed by atoms with Crippen LogP contribution in [0.4, 0.5) is 10.1 Å². The van der Waals surface area contributed by atoms with Crippen molar-refractivity contribution in [3.63, 3.8) is 0 Å². The molecule has 3 aliphatic heterocycles. The van der Waals surface area contributed by atoms with Crippen molar-refractivity contribution in [2.24, 2.45) is 0 Å². The molecule has 0 saturated carbocycles. The molecule has 1 unspecified atom stereocenters. The second kappa shape index (κ2) is 8.38. The van der Waals surface area contributed by atoms with Crippen LogP contribution in [0.2, 0.25) is 5.02 Å². The Morgan fingerprint density at radius 2 is 1.91 bits per heavy atom. The predicted octanol–water partition coefficient (Wildman–Crippen LogP) is 3.32. The summed E-state index contributed by atoms with van der Waals surface area (Å²) in [4.78, 5) is 21.0. The molecule has 1 spiro atoms. The number of anilines is 1. The Kier molecular flexibility index (Phi) is 5.53. The number of sulfonamides is 1. The van der Waals surface area contributed by atoms with Gasteiger partial charge in [0.2, 0.25) is 5.91 Å². The van der Waals surface area contributed by atoms with Gasteiger partial charge in [-0.15, -0.1) is 11.3 Å². The number of piperidine rings is 1. The van der Waals surface area contributed by atoms with Crippen molar-refractivity contribution in [1.29, 1.82) is 0 Å². The Balaban J connectivity index is 1.19. The van der Waals surface area contributed by atoms with E-state index in [2.05, 4.69) is 9.88 Å². The maximum Gasteiger partial charge on any atom is 0.253 e. The summed E-state index contributed by atoms with van der Waals surface area (Å²) in [6, 6.07) is 8.01. The molecule has 1 aromatic carbocycles. The third kappa shape index (κ3) is 3.99. The van der Waals surface area contributed by atoms with Gasteiger partial charge in [-0.05, 0) is 48.6 Å². The Bertz CT molecular complexity index is 1370. The van der Waals surface area contributed by atoms with Gasteiger partial charge in [-0.25, -0.2) is 12.8 Å². The first-order valence-electron chi connectivity index (χ1n) is 11.3. The number of ether oxygens (including phenoxy) is 1. The van der Waals surface area contributed by atoms with Crippen molar-refractivity contribution in [1.82, 2.24) is 14.2 Å². The number of fused-ring (bicyclic) bond motifs is 2. The van der Waals surface area contributed by atoms with Crippen LogP contribution < -0.4 is 4.90 Å². The normalized spacial score (nSPS) is 22.8. The van der Waals surface area contributed by atoms with Crippen molar-refractivity contribution in [3.8, 4) is 0 Å². The maximum absolute atomic E-state index is 13.8. The molecule has 0 bridgehead atoms. The zero-order chi connectivity index (χ0) is 24.4. The largest absolute Gasteiger partial charge is 0.371 e. The number of aromatic nitrogens is 1. The maximum atomic E-state index is 13.8. The number of amides is 1. The molecule has 5 heterocycles. The minimum Gasteiger partial charge on any atom is -0.371 e. The van der Waals surface area contributed by atoms with Crippen LogP contribution in [0.5, 0.6) is 0 Å². The van der Waals surface area contributed by atoms with E-state index < -0.39 is 27.7 Å². The van der Waals surface area contributed by atoms with E-state index in [1.165, 1.54) is 22.5 Å². The molecular formula is C23H22ClFN4O4S2. The summed E-state index contributed by atoms with van der Waals surface area (Å²) in [5.74, 6) is -0.877. The van der Waals surface area contributed by atoms with Crippen molar-refractivity contribution in [2.45, 2.75) is 28.9 Å². The molecule has 1 atom stereocenters. The quantitative estimate of drug-likeness (QED) is 0.511. The summed E-state index contributed by atoms with van der Waals surface area (Å²) in [7, 11) is -3.96. The second-order valence-electron chi connectivity index (χ2n) is 9.14. The zero-order valence-corrected chi connectivity index (χ0v) is 21.0. The van der Waals surface area contributed by atoms with Crippen molar-refractivity contribution in [2.75, 3.05) is 37.6 Å². The third-order valence-electron chi connectivity index (χ3n) is 7.02. The molecule has 12 heteroatoms. The second-order valence-corrected chi connectivity index (χ2v) is 12.8. The minimum absolute atomic E-state index is 0.0498. The van der Waals surface area contributed by atoms with Gasteiger partial charge < -0.3 is 14.5 Å². The third-order valence-corrected chi connectivity index (χ3v) is 10.7. The van der Waals surface area contributed by atoms with Crippen LogP contribution in [-0.2, 0) is 19.6 Å². The van der Waals surface area contributed by atoms with E-state index in [1.54, 1.807) is 17.3 Å². The molecule has 8 nitrogen and oxygen atoms in total. The molecule has 1 amide bonds. The first kappa shape index (κ1) is 23.1. The minimum atomic E-state index is -3.96. The van der Waals surface area contributed by atoms with E-state index in [-0.39, 0.29) is 28.2 Å². The molecule has 6 rings (SSSR count). The Morgan fingerprint density at radius 1 is 1.17 bits per heavy atom. The summed E-state index contributed by atoms with van der Waals surface area (Å²) < 4.78 is 48.8. The van der Waals surface area contributed by atoms with Gasteiger partial charge >= 0.3 is 0 Å². The number of piperazine rings is 1. The fourth-order valence-electron chi connectivity index (χ4n) is 5.12. The fourth-order valence-corrected chi connectivity index (χ4v) is 8.30. The van der Waals surface area contributed by atoms with Gasteiger partial charge in [-0.2, -0.15) is 4.31 Å². The van der Waals surface area contributed by atoms with Gasteiger partial charge in [0, 0.05) is 35.9 Å². The Hall–Kier alpha value is -2.31. The van der Waals surface area contributed by atoms with Crippen molar-refractivity contribution < 1.29 is 22.3 Å². The number of hydrogen-bond acceptors (Lipinski definition) is 7. The van der Waals surface area contributed by atoms with E-state index in [0.717, 1.165) is 43.0 Å². The molecule has 3 fully saturated rings. The molecule has 3 aliphatic rings. The molecule has 0 N–H and O–H groups in total. The summed E-state index contributed by atoms with van der Waals surface area (Å²) in [6.07, 6.45) is 4.39. The van der Waals surface area contributed by atoms with Crippen LogP contribution >= 0.6 is 22.9 Å². The molecule has 3 saturated heterocycles. The van der Waals surface area contributed by atoms with Gasteiger partial charge in [0.05, 0.1) is 30.3 Å². The SMILES string of the molecule is O=C1CN(S(=O)(=O)c2cc3cc(F)c(Cl)cc3s2)CC2OC3(CCN(c4ccncc4)CC3)CN12. The molecule has 0 radical (unpaired) electrons. The van der Waals surface area contributed by atoms with E-state index in [0.29, 0.717) is 16.6 Å². The van der Waals surface area contributed by atoms with Gasteiger partial charge in [-0.1, -0.05) is 11.6 Å². The lowest BCUT2D eigenvalue weighted by Gasteiger charge is -2.39. The predicted molar refractivity (Wildman–Crippen MR) is 131 cm³/mol. The number of thiophene rings is 1. The molecular weight excluding hydrogens is 515 g/mol. The number of carbonyl (C=O) groups excluding carboxylic acids is 1. The van der Waals surface area contributed by atoms with Crippen LogP contribution in [0.3, 0.4) is 0 Å². The fraction of sp³-hybridized carbons (Fsp3) is 0.391. The van der Waals surface area contributed by atoms with Gasteiger partial charge in [0.15, 0.2) is 0 Å². The standard InChI is InChI=1S/C23H22ClFN4O4S2/c24-17-11-19-15(9-18(17)25)10-22(34-19)35(31,32)28-12-20(30)29-14-23(33-21(29)13-28)3-7-27(8-4-23)16-1-5-26-6-2-16/h1-2,5-6,9-11,21H,3-4,7-8,12-14H2. The summed E-state index contributed by atoms with van der Waals surface area (Å²) >= 11 is 6.86. The Labute approximate surface area is 210 Å². The first-order valence-corrected chi connectivity index (χ1v) is 13.9. The number of hydrogen-bond donors (Lipinski definition) is 0. The van der Waals surface area contributed by atoms with Crippen LogP contribution in [0.1, 0.15) is 12.8 Å². The van der Waals surface area contributed by atoms with Crippen molar-refractivity contribution >= 4 is 54.6 Å². The monoisotopic (exact) mass is 536 g/mol. The van der Waals surface area contributed by atoms with Gasteiger partial charge in [0.1, 0.15) is 16.3 Å². The highest BCUT2D eigenvalue weighted by Gasteiger charge is 2.52.